The first kappa shape index (κ1) is 13.9. The van der Waals surface area contributed by atoms with Gasteiger partial charge in [0.2, 0.25) is 0 Å². The standard InChI is InChI=1S/C12H7BrCl2O2S/c1-17-10-4-8(14)7(3-9(10)15)12(16)6-2-11(13)18-5-6/h2-5H,1H3. The number of thiophene rings is 1. The van der Waals surface area contributed by atoms with E-state index in [2.05, 4.69) is 15.9 Å². The van der Waals surface area contributed by atoms with Gasteiger partial charge in [-0.15, -0.1) is 11.3 Å². The number of halogens is 3. The molecule has 0 amide bonds. The van der Waals surface area contributed by atoms with Crippen molar-refractivity contribution < 1.29 is 9.53 Å². The van der Waals surface area contributed by atoms with Gasteiger partial charge in [0.05, 0.1) is 20.9 Å². The van der Waals surface area contributed by atoms with Crippen LogP contribution in [0.3, 0.4) is 0 Å². The average molecular weight is 366 g/mol. The largest absolute Gasteiger partial charge is 0.495 e. The fourth-order valence-electron chi connectivity index (χ4n) is 1.44. The molecule has 0 fully saturated rings. The summed E-state index contributed by atoms with van der Waals surface area (Å²) < 4.78 is 5.93. The monoisotopic (exact) mass is 364 g/mol. The number of hydrogen-bond acceptors (Lipinski definition) is 3. The molecule has 6 heteroatoms. The van der Waals surface area contributed by atoms with Gasteiger partial charge in [-0.25, -0.2) is 0 Å². The summed E-state index contributed by atoms with van der Waals surface area (Å²) in [5, 5.41) is 2.45. The number of benzene rings is 1. The number of hydrogen-bond donors (Lipinski definition) is 0. The van der Waals surface area contributed by atoms with Gasteiger partial charge in [0.25, 0.3) is 0 Å². The highest BCUT2D eigenvalue weighted by Gasteiger charge is 2.17. The minimum Gasteiger partial charge on any atom is -0.495 e. The molecule has 0 aliphatic rings. The summed E-state index contributed by atoms with van der Waals surface area (Å²) in [6, 6.07) is 4.82. The Kier molecular flexibility index (Phi) is 4.33. The lowest BCUT2D eigenvalue weighted by atomic mass is 10.1. The molecule has 1 aromatic carbocycles. The van der Waals surface area contributed by atoms with E-state index in [0.717, 1.165) is 3.79 Å². The lowest BCUT2D eigenvalue weighted by molar-refractivity contribution is 0.103. The van der Waals surface area contributed by atoms with E-state index < -0.39 is 0 Å². The summed E-state index contributed by atoms with van der Waals surface area (Å²) in [6.07, 6.45) is 0. The van der Waals surface area contributed by atoms with E-state index in [9.17, 15) is 4.79 Å². The number of carbonyl (C=O) groups excluding carboxylic acids is 1. The Labute approximate surface area is 127 Å². The van der Waals surface area contributed by atoms with E-state index in [1.54, 1.807) is 17.5 Å². The maximum Gasteiger partial charge on any atom is 0.195 e. The van der Waals surface area contributed by atoms with Crippen LogP contribution in [0.25, 0.3) is 0 Å². The molecule has 0 unspecified atom stereocenters. The van der Waals surface area contributed by atoms with Crippen molar-refractivity contribution in [1.82, 2.24) is 0 Å². The summed E-state index contributed by atoms with van der Waals surface area (Å²) in [6.45, 7) is 0. The Hall–Kier alpha value is -0.550. The SMILES string of the molecule is COc1cc(Cl)c(C(=O)c2csc(Br)c2)cc1Cl. The summed E-state index contributed by atoms with van der Waals surface area (Å²) in [5.74, 6) is 0.288. The van der Waals surface area contributed by atoms with E-state index in [-0.39, 0.29) is 5.78 Å². The van der Waals surface area contributed by atoms with Crippen LogP contribution in [0.2, 0.25) is 10.0 Å². The van der Waals surface area contributed by atoms with E-state index in [1.807, 2.05) is 0 Å². The molecular weight excluding hydrogens is 359 g/mol. The zero-order valence-corrected chi connectivity index (χ0v) is 13.1. The van der Waals surface area contributed by atoms with Crippen molar-refractivity contribution in [3.05, 3.63) is 48.5 Å². The first-order valence-electron chi connectivity index (χ1n) is 4.84. The average Bonchev–Trinajstić information content (AvgIpc) is 2.77. The van der Waals surface area contributed by atoms with Crippen LogP contribution in [-0.2, 0) is 0 Å². The van der Waals surface area contributed by atoms with Crippen molar-refractivity contribution in [2.24, 2.45) is 0 Å². The second-order valence-corrected chi connectivity index (χ2v) is 6.54. The van der Waals surface area contributed by atoms with Crippen LogP contribution in [0, 0.1) is 0 Å². The molecule has 0 atom stereocenters. The van der Waals surface area contributed by atoms with Crippen LogP contribution in [0.1, 0.15) is 15.9 Å². The number of rotatable bonds is 3. The number of ether oxygens (including phenoxy) is 1. The fourth-order valence-corrected chi connectivity index (χ4v) is 3.06. The van der Waals surface area contributed by atoms with Gasteiger partial charge in [-0.2, -0.15) is 0 Å². The molecule has 94 valence electrons. The molecule has 2 rings (SSSR count). The van der Waals surface area contributed by atoms with Gasteiger partial charge >= 0.3 is 0 Å². The minimum atomic E-state index is -0.161. The highest BCUT2D eigenvalue weighted by atomic mass is 79.9. The third-order valence-electron chi connectivity index (χ3n) is 2.32. The Bertz CT molecular complexity index is 610. The number of methoxy groups -OCH3 is 1. The summed E-state index contributed by atoms with van der Waals surface area (Å²) in [5.41, 5.74) is 0.947. The first-order valence-corrected chi connectivity index (χ1v) is 7.27. The molecule has 2 nitrogen and oxygen atoms in total. The molecule has 1 aromatic heterocycles. The Balaban J connectivity index is 2.45. The van der Waals surface area contributed by atoms with E-state index in [0.29, 0.717) is 26.9 Å². The van der Waals surface area contributed by atoms with Crippen LogP contribution in [0.5, 0.6) is 5.75 Å². The van der Waals surface area contributed by atoms with Crippen LogP contribution in [0.4, 0.5) is 0 Å². The Morgan fingerprint density at radius 3 is 2.56 bits per heavy atom. The molecular formula is C12H7BrCl2O2S. The lowest BCUT2D eigenvalue weighted by Gasteiger charge is -2.07. The summed E-state index contributed by atoms with van der Waals surface area (Å²) >= 11 is 16.8. The first-order chi connectivity index (χ1) is 8.52. The van der Waals surface area contributed by atoms with E-state index >= 15 is 0 Å². The van der Waals surface area contributed by atoms with Crippen LogP contribution < -0.4 is 4.74 Å². The zero-order chi connectivity index (χ0) is 13.3. The van der Waals surface area contributed by atoms with Crippen molar-refractivity contribution in [3.63, 3.8) is 0 Å². The van der Waals surface area contributed by atoms with Gasteiger partial charge in [-0.3, -0.25) is 4.79 Å². The normalized spacial score (nSPS) is 10.4. The van der Waals surface area contributed by atoms with Crippen molar-refractivity contribution in [1.29, 1.82) is 0 Å². The Morgan fingerprint density at radius 2 is 2.00 bits per heavy atom. The van der Waals surface area contributed by atoms with Gasteiger partial charge in [0.1, 0.15) is 5.75 Å². The summed E-state index contributed by atoms with van der Waals surface area (Å²) in [4.78, 5) is 12.2. The van der Waals surface area contributed by atoms with Gasteiger partial charge in [0, 0.05) is 22.6 Å². The molecule has 0 N–H and O–H groups in total. The molecule has 1 heterocycles. The summed E-state index contributed by atoms with van der Waals surface area (Å²) in [7, 11) is 1.50. The van der Waals surface area contributed by atoms with Crippen molar-refractivity contribution in [2.75, 3.05) is 7.11 Å². The van der Waals surface area contributed by atoms with Gasteiger partial charge in [0.15, 0.2) is 5.78 Å². The van der Waals surface area contributed by atoms with Crippen LogP contribution >= 0.6 is 50.5 Å². The maximum atomic E-state index is 12.2. The fraction of sp³-hybridized carbons (Fsp3) is 0.0833. The molecule has 18 heavy (non-hydrogen) atoms. The third-order valence-corrected chi connectivity index (χ3v) is 4.43. The highest BCUT2D eigenvalue weighted by molar-refractivity contribution is 9.11. The predicted molar refractivity (Wildman–Crippen MR) is 78.5 cm³/mol. The van der Waals surface area contributed by atoms with Crippen LogP contribution in [0.15, 0.2) is 27.4 Å². The lowest BCUT2D eigenvalue weighted by Crippen LogP contribution is -2.01. The smallest absolute Gasteiger partial charge is 0.195 e. The van der Waals surface area contributed by atoms with Gasteiger partial charge < -0.3 is 4.74 Å². The highest BCUT2D eigenvalue weighted by Crippen LogP contribution is 2.33. The maximum absolute atomic E-state index is 12.2. The molecule has 0 aliphatic carbocycles. The number of ketones is 1. The molecule has 0 radical (unpaired) electrons. The molecule has 0 aliphatic heterocycles. The van der Waals surface area contributed by atoms with Crippen molar-refractivity contribution in [2.45, 2.75) is 0 Å². The molecule has 0 saturated carbocycles. The van der Waals surface area contributed by atoms with E-state index in [4.69, 9.17) is 27.9 Å². The quantitative estimate of drug-likeness (QED) is 0.711. The second-order valence-electron chi connectivity index (χ2n) is 3.44. The zero-order valence-electron chi connectivity index (χ0n) is 9.17. The third kappa shape index (κ3) is 2.72. The van der Waals surface area contributed by atoms with Crippen LogP contribution in [-0.4, -0.2) is 12.9 Å². The van der Waals surface area contributed by atoms with Crippen molar-refractivity contribution >= 4 is 56.3 Å². The van der Waals surface area contributed by atoms with Crippen molar-refractivity contribution in [3.8, 4) is 5.75 Å². The number of carbonyl (C=O) groups is 1. The minimum absolute atomic E-state index is 0.161. The molecule has 0 spiro atoms. The van der Waals surface area contributed by atoms with Gasteiger partial charge in [-0.1, -0.05) is 23.2 Å². The van der Waals surface area contributed by atoms with E-state index in [1.165, 1.54) is 24.5 Å². The Morgan fingerprint density at radius 1 is 1.28 bits per heavy atom. The predicted octanol–water partition coefficient (Wildman–Crippen LogP) is 5.06. The molecule has 0 saturated heterocycles. The topological polar surface area (TPSA) is 26.3 Å². The van der Waals surface area contributed by atoms with Gasteiger partial charge in [-0.05, 0) is 28.1 Å². The molecule has 2 aromatic rings. The second kappa shape index (κ2) is 5.61. The molecule has 0 bridgehead atoms.